The smallest absolute Gasteiger partial charge is 0.166 e. The monoisotopic (exact) mass is 247 g/mol. The van der Waals surface area contributed by atoms with Crippen LogP contribution in [0, 0.1) is 18.6 Å². The average molecular weight is 247 g/mol. The topological polar surface area (TPSA) is 26.0 Å². The number of rotatable bonds is 2. The largest absolute Gasteiger partial charge is 0.399 e. The second kappa shape index (κ2) is 4.77. The van der Waals surface area contributed by atoms with Gasteiger partial charge in [0.25, 0.3) is 0 Å². The Balaban J connectivity index is 2.59. The SMILES string of the molecule is CCc1cc(-c2ccc(C)c(F)c2F)ccc1N. The zero-order valence-corrected chi connectivity index (χ0v) is 10.4. The van der Waals surface area contributed by atoms with Gasteiger partial charge in [-0.3, -0.25) is 0 Å². The van der Waals surface area contributed by atoms with Crippen LogP contribution in [-0.2, 0) is 6.42 Å². The molecule has 0 atom stereocenters. The second-order valence-corrected chi connectivity index (χ2v) is 4.33. The predicted octanol–water partition coefficient (Wildman–Crippen LogP) is 4.08. The molecule has 0 radical (unpaired) electrons. The molecular formula is C15H15F2N. The van der Waals surface area contributed by atoms with Crippen LogP contribution in [0.3, 0.4) is 0 Å². The highest BCUT2D eigenvalue weighted by Crippen LogP contribution is 2.28. The molecule has 0 saturated heterocycles. The third-order valence-electron chi connectivity index (χ3n) is 3.11. The molecule has 0 bridgehead atoms. The van der Waals surface area contributed by atoms with Crippen molar-refractivity contribution in [3.63, 3.8) is 0 Å². The van der Waals surface area contributed by atoms with E-state index in [1.165, 1.54) is 0 Å². The van der Waals surface area contributed by atoms with Gasteiger partial charge in [-0.1, -0.05) is 25.1 Å². The number of nitrogens with two attached hydrogens (primary N) is 1. The summed E-state index contributed by atoms with van der Waals surface area (Å²) in [4.78, 5) is 0. The molecule has 3 heteroatoms. The Morgan fingerprint density at radius 1 is 1.06 bits per heavy atom. The highest BCUT2D eigenvalue weighted by Gasteiger charge is 2.13. The molecule has 18 heavy (non-hydrogen) atoms. The molecule has 2 aromatic rings. The minimum Gasteiger partial charge on any atom is -0.399 e. The number of aryl methyl sites for hydroxylation is 2. The quantitative estimate of drug-likeness (QED) is 0.795. The molecule has 2 N–H and O–H groups in total. The van der Waals surface area contributed by atoms with Crippen LogP contribution < -0.4 is 5.73 Å². The van der Waals surface area contributed by atoms with Crippen molar-refractivity contribution in [1.82, 2.24) is 0 Å². The Labute approximate surface area is 105 Å². The molecule has 0 aliphatic rings. The number of anilines is 1. The third-order valence-corrected chi connectivity index (χ3v) is 3.11. The van der Waals surface area contributed by atoms with E-state index in [1.54, 1.807) is 31.2 Å². The van der Waals surface area contributed by atoms with Gasteiger partial charge in [0.1, 0.15) is 0 Å². The fourth-order valence-electron chi connectivity index (χ4n) is 1.95. The number of nitrogen functional groups attached to an aromatic ring is 1. The van der Waals surface area contributed by atoms with Crippen molar-refractivity contribution in [2.45, 2.75) is 20.3 Å². The van der Waals surface area contributed by atoms with Crippen LogP contribution >= 0.6 is 0 Å². The molecular weight excluding hydrogens is 232 g/mol. The summed E-state index contributed by atoms with van der Waals surface area (Å²) >= 11 is 0. The molecule has 0 amide bonds. The van der Waals surface area contributed by atoms with Gasteiger partial charge in [0.2, 0.25) is 0 Å². The molecule has 0 fully saturated rings. The van der Waals surface area contributed by atoms with Crippen molar-refractivity contribution in [3.05, 3.63) is 53.1 Å². The Bertz CT molecular complexity index is 591. The van der Waals surface area contributed by atoms with Crippen molar-refractivity contribution in [2.24, 2.45) is 0 Å². The molecule has 0 aliphatic carbocycles. The van der Waals surface area contributed by atoms with Gasteiger partial charge < -0.3 is 5.73 Å². The molecule has 0 saturated carbocycles. The summed E-state index contributed by atoms with van der Waals surface area (Å²) in [6.07, 6.45) is 0.760. The Kier molecular flexibility index (Phi) is 3.32. The first kappa shape index (κ1) is 12.6. The average Bonchev–Trinajstić information content (AvgIpc) is 2.37. The normalized spacial score (nSPS) is 10.7. The van der Waals surface area contributed by atoms with Crippen molar-refractivity contribution in [3.8, 4) is 11.1 Å². The van der Waals surface area contributed by atoms with E-state index in [9.17, 15) is 8.78 Å². The van der Waals surface area contributed by atoms with E-state index in [-0.39, 0.29) is 5.56 Å². The summed E-state index contributed by atoms with van der Waals surface area (Å²) in [5, 5.41) is 0. The molecule has 1 nitrogen and oxygen atoms in total. The maximum absolute atomic E-state index is 13.9. The van der Waals surface area contributed by atoms with Crippen LogP contribution in [0.2, 0.25) is 0 Å². The lowest BCUT2D eigenvalue weighted by molar-refractivity contribution is 0.505. The molecule has 94 valence electrons. The lowest BCUT2D eigenvalue weighted by Crippen LogP contribution is -1.96. The van der Waals surface area contributed by atoms with Crippen LogP contribution in [0.1, 0.15) is 18.1 Å². The van der Waals surface area contributed by atoms with Gasteiger partial charge in [0, 0.05) is 11.3 Å². The summed E-state index contributed by atoms with van der Waals surface area (Å²) in [6, 6.07) is 8.42. The van der Waals surface area contributed by atoms with Crippen LogP contribution in [0.4, 0.5) is 14.5 Å². The van der Waals surface area contributed by atoms with Crippen LogP contribution in [-0.4, -0.2) is 0 Å². The predicted molar refractivity (Wildman–Crippen MR) is 70.3 cm³/mol. The van der Waals surface area contributed by atoms with Crippen molar-refractivity contribution < 1.29 is 8.78 Å². The zero-order chi connectivity index (χ0) is 13.3. The highest BCUT2D eigenvalue weighted by atomic mass is 19.2. The maximum Gasteiger partial charge on any atom is 0.166 e. The second-order valence-electron chi connectivity index (χ2n) is 4.33. The number of hydrogen-bond donors (Lipinski definition) is 1. The Morgan fingerprint density at radius 3 is 2.44 bits per heavy atom. The number of benzene rings is 2. The minimum atomic E-state index is -0.804. The zero-order valence-electron chi connectivity index (χ0n) is 10.4. The van der Waals surface area contributed by atoms with Crippen LogP contribution in [0.25, 0.3) is 11.1 Å². The van der Waals surface area contributed by atoms with Crippen molar-refractivity contribution in [1.29, 1.82) is 0 Å². The van der Waals surface area contributed by atoms with Crippen LogP contribution in [0.15, 0.2) is 30.3 Å². The van der Waals surface area contributed by atoms with Gasteiger partial charge in [0.15, 0.2) is 11.6 Å². The summed E-state index contributed by atoms with van der Waals surface area (Å²) in [7, 11) is 0. The van der Waals surface area contributed by atoms with E-state index in [1.807, 2.05) is 13.0 Å². The fourth-order valence-corrected chi connectivity index (χ4v) is 1.95. The minimum absolute atomic E-state index is 0.271. The summed E-state index contributed by atoms with van der Waals surface area (Å²) < 4.78 is 27.4. The molecule has 0 unspecified atom stereocenters. The molecule has 0 aromatic heterocycles. The number of hydrogen-bond acceptors (Lipinski definition) is 1. The first-order valence-corrected chi connectivity index (χ1v) is 5.88. The van der Waals surface area contributed by atoms with E-state index in [0.717, 1.165) is 12.0 Å². The molecule has 0 spiro atoms. The highest BCUT2D eigenvalue weighted by molar-refractivity contribution is 5.68. The van der Waals surface area contributed by atoms with Gasteiger partial charge in [-0.05, 0) is 42.2 Å². The third kappa shape index (κ3) is 2.08. The standard InChI is InChI=1S/C15H15F2N/c1-3-10-8-11(5-7-13(10)18)12-6-4-9(2)14(16)15(12)17/h4-8H,3,18H2,1-2H3. The van der Waals surface area contributed by atoms with E-state index in [0.29, 0.717) is 16.8 Å². The van der Waals surface area contributed by atoms with Crippen LogP contribution in [0.5, 0.6) is 0 Å². The maximum atomic E-state index is 13.9. The van der Waals surface area contributed by atoms with Gasteiger partial charge in [-0.15, -0.1) is 0 Å². The molecule has 0 aliphatic heterocycles. The van der Waals surface area contributed by atoms with Gasteiger partial charge in [-0.25, -0.2) is 8.78 Å². The number of halogens is 2. The van der Waals surface area contributed by atoms with Gasteiger partial charge >= 0.3 is 0 Å². The molecule has 0 heterocycles. The summed E-state index contributed by atoms with van der Waals surface area (Å²) in [6.45, 7) is 3.52. The van der Waals surface area contributed by atoms with Gasteiger partial charge in [0.05, 0.1) is 0 Å². The fraction of sp³-hybridized carbons (Fsp3) is 0.200. The molecule has 2 aromatic carbocycles. The lowest BCUT2D eigenvalue weighted by atomic mass is 9.99. The van der Waals surface area contributed by atoms with Crippen molar-refractivity contribution >= 4 is 5.69 Å². The van der Waals surface area contributed by atoms with E-state index in [4.69, 9.17) is 5.73 Å². The summed E-state index contributed by atoms with van der Waals surface area (Å²) in [5.41, 5.74) is 8.64. The first-order valence-electron chi connectivity index (χ1n) is 5.88. The van der Waals surface area contributed by atoms with E-state index >= 15 is 0 Å². The lowest BCUT2D eigenvalue weighted by Gasteiger charge is -2.09. The van der Waals surface area contributed by atoms with Gasteiger partial charge in [-0.2, -0.15) is 0 Å². The Morgan fingerprint density at radius 2 is 1.78 bits per heavy atom. The van der Waals surface area contributed by atoms with Crippen molar-refractivity contribution in [2.75, 3.05) is 5.73 Å². The molecule has 2 rings (SSSR count). The van der Waals surface area contributed by atoms with E-state index in [2.05, 4.69) is 0 Å². The first-order chi connectivity index (χ1) is 8.54. The summed E-state index contributed by atoms with van der Waals surface area (Å²) in [5.74, 6) is -1.59. The van der Waals surface area contributed by atoms with E-state index < -0.39 is 11.6 Å². The Hall–Kier alpha value is -1.90.